The van der Waals surface area contributed by atoms with Crippen molar-refractivity contribution in [2.75, 3.05) is 36.0 Å². The Labute approximate surface area is 162 Å². The van der Waals surface area contributed by atoms with Gasteiger partial charge >= 0.3 is 0 Å². The largest absolute Gasteiger partial charge is 0.368 e. The van der Waals surface area contributed by atoms with Gasteiger partial charge in [-0.25, -0.2) is 4.98 Å². The maximum Gasteiger partial charge on any atom is 0.261 e. The van der Waals surface area contributed by atoms with E-state index in [1.165, 1.54) is 6.20 Å². The summed E-state index contributed by atoms with van der Waals surface area (Å²) in [5.41, 5.74) is 2.28. The summed E-state index contributed by atoms with van der Waals surface area (Å²) < 4.78 is 1.65. The lowest BCUT2D eigenvalue weighted by Crippen LogP contribution is -2.47. The number of anilines is 2. The minimum absolute atomic E-state index is 0.0111. The number of aromatic nitrogens is 4. The molecule has 4 rings (SSSR count). The molecule has 1 aromatic carbocycles. The summed E-state index contributed by atoms with van der Waals surface area (Å²) in [6.07, 6.45) is 3.15. The average molecular weight is 375 g/mol. The summed E-state index contributed by atoms with van der Waals surface area (Å²) in [6.45, 7) is 7.00. The van der Waals surface area contributed by atoms with Crippen LogP contribution in [0.15, 0.2) is 41.6 Å². The van der Waals surface area contributed by atoms with Gasteiger partial charge < -0.3 is 9.80 Å². The summed E-state index contributed by atoms with van der Waals surface area (Å²) in [5, 5.41) is 17.9. The molecule has 8 heteroatoms. The third-order valence-electron chi connectivity index (χ3n) is 5.09. The molecule has 1 saturated heterocycles. The lowest BCUT2D eigenvalue weighted by molar-refractivity contribution is 0.573. The number of nitriles is 1. The first-order valence-corrected chi connectivity index (χ1v) is 9.31. The second kappa shape index (κ2) is 7.27. The van der Waals surface area contributed by atoms with Crippen LogP contribution in [0.5, 0.6) is 0 Å². The van der Waals surface area contributed by atoms with Crippen molar-refractivity contribution in [3.63, 3.8) is 0 Å². The number of hydrogen-bond acceptors (Lipinski definition) is 7. The standard InChI is InChI=1S/C20H21N7O/c1-14(2)27-13-22-18-11-16(3-4-17(18)20(27)28)25-7-9-26(10-8-25)19-15(12-21)5-6-23-24-19/h3-6,11,13-14H,7-10H2,1-2H3. The molecule has 0 aliphatic carbocycles. The van der Waals surface area contributed by atoms with Crippen LogP contribution in [0, 0.1) is 11.3 Å². The van der Waals surface area contributed by atoms with Gasteiger partial charge in [0.15, 0.2) is 5.82 Å². The summed E-state index contributed by atoms with van der Waals surface area (Å²) in [5.74, 6) is 0.638. The van der Waals surface area contributed by atoms with Gasteiger partial charge in [0.05, 0.1) is 29.0 Å². The van der Waals surface area contributed by atoms with Crippen molar-refractivity contribution in [1.82, 2.24) is 19.7 Å². The molecular weight excluding hydrogens is 354 g/mol. The number of piperazine rings is 1. The second-order valence-electron chi connectivity index (χ2n) is 7.11. The Morgan fingerprint density at radius 2 is 1.86 bits per heavy atom. The molecule has 0 unspecified atom stereocenters. The third-order valence-corrected chi connectivity index (χ3v) is 5.09. The molecule has 0 radical (unpaired) electrons. The van der Waals surface area contributed by atoms with Crippen LogP contribution < -0.4 is 15.4 Å². The Bertz CT molecular complexity index is 1110. The van der Waals surface area contributed by atoms with Crippen LogP contribution >= 0.6 is 0 Å². The molecular formula is C20H21N7O. The van der Waals surface area contributed by atoms with E-state index in [9.17, 15) is 10.1 Å². The zero-order chi connectivity index (χ0) is 19.7. The molecule has 1 aliphatic rings. The monoisotopic (exact) mass is 375 g/mol. The zero-order valence-electron chi connectivity index (χ0n) is 15.9. The zero-order valence-corrected chi connectivity index (χ0v) is 15.9. The first kappa shape index (κ1) is 17.9. The van der Waals surface area contributed by atoms with Crippen molar-refractivity contribution in [2.45, 2.75) is 19.9 Å². The molecule has 0 bridgehead atoms. The van der Waals surface area contributed by atoms with Crippen LogP contribution in [0.25, 0.3) is 10.9 Å². The lowest BCUT2D eigenvalue weighted by atomic mass is 10.1. The van der Waals surface area contributed by atoms with Gasteiger partial charge in [0.1, 0.15) is 6.07 Å². The topological polar surface area (TPSA) is 90.9 Å². The maximum absolute atomic E-state index is 12.6. The Kier molecular flexibility index (Phi) is 4.65. The van der Waals surface area contributed by atoms with E-state index in [2.05, 4.69) is 31.1 Å². The molecule has 8 nitrogen and oxygen atoms in total. The normalized spacial score (nSPS) is 14.5. The van der Waals surface area contributed by atoms with Crippen molar-refractivity contribution < 1.29 is 0 Å². The molecule has 0 amide bonds. The molecule has 3 heterocycles. The van der Waals surface area contributed by atoms with E-state index < -0.39 is 0 Å². The van der Waals surface area contributed by atoms with E-state index in [0.29, 0.717) is 22.3 Å². The van der Waals surface area contributed by atoms with Crippen molar-refractivity contribution in [3.8, 4) is 6.07 Å². The fourth-order valence-corrected chi connectivity index (χ4v) is 3.51. The van der Waals surface area contributed by atoms with E-state index in [-0.39, 0.29) is 11.6 Å². The van der Waals surface area contributed by atoms with Crippen LogP contribution in [0.2, 0.25) is 0 Å². The highest BCUT2D eigenvalue weighted by atomic mass is 16.1. The third kappa shape index (κ3) is 3.16. The van der Waals surface area contributed by atoms with Crippen molar-refractivity contribution >= 4 is 22.4 Å². The van der Waals surface area contributed by atoms with E-state index >= 15 is 0 Å². The van der Waals surface area contributed by atoms with Crippen LogP contribution in [0.4, 0.5) is 11.5 Å². The van der Waals surface area contributed by atoms with E-state index in [1.54, 1.807) is 17.0 Å². The quantitative estimate of drug-likeness (QED) is 0.691. The highest BCUT2D eigenvalue weighted by Gasteiger charge is 2.21. The number of hydrogen-bond donors (Lipinski definition) is 0. The molecule has 1 fully saturated rings. The van der Waals surface area contributed by atoms with Gasteiger partial charge in [-0.2, -0.15) is 10.4 Å². The molecule has 28 heavy (non-hydrogen) atoms. The molecule has 0 spiro atoms. The predicted octanol–water partition coefficient (Wildman–Crippen LogP) is 1.97. The van der Waals surface area contributed by atoms with Crippen LogP contribution in [-0.4, -0.2) is 45.9 Å². The van der Waals surface area contributed by atoms with Crippen LogP contribution in [-0.2, 0) is 0 Å². The molecule has 142 valence electrons. The SMILES string of the molecule is CC(C)n1cnc2cc(N3CCN(c4nnccc4C#N)CC3)ccc2c1=O. The Balaban J connectivity index is 1.55. The maximum atomic E-state index is 12.6. The minimum Gasteiger partial charge on any atom is -0.368 e. The second-order valence-corrected chi connectivity index (χ2v) is 7.11. The lowest BCUT2D eigenvalue weighted by Gasteiger charge is -2.36. The van der Waals surface area contributed by atoms with Crippen LogP contribution in [0.3, 0.4) is 0 Å². The van der Waals surface area contributed by atoms with Gasteiger partial charge in [0.25, 0.3) is 5.56 Å². The number of benzene rings is 1. The predicted molar refractivity (Wildman–Crippen MR) is 108 cm³/mol. The summed E-state index contributed by atoms with van der Waals surface area (Å²) in [7, 11) is 0. The van der Waals surface area contributed by atoms with Crippen molar-refractivity contribution in [1.29, 1.82) is 5.26 Å². The van der Waals surface area contributed by atoms with E-state index in [4.69, 9.17) is 0 Å². The van der Waals surface area contributed by atoms with Gasteiger partial charge in [-0.15, -0.1) is 5.10 Å². The molecule has 0 saturated carbocycles. The number of rotatable bonds is 3. The fraction of sp³-hybridized carbons (Fsp3) is 0.350. The molecule has 3 aromatic rings. The molecule has 0 N–H and O–H groups in total. The van der Waals surface area contributed by atoms with Gasteiger partial charge in [-0.05, 0) is 38.1 Å². The fourth-order valence-electron chi connectivity index (χ4n) is 3.51. The summed E-state index contributed by atoms with van der Waals surface area (Å²) in [6, 6.07) is 9.76. The molecule has 0 atom stereocenters. The van der Waals surface area contributed by atoms with Gasteiger partial charge in [0, 0.05) is 37.9 Å². The van der Waals surface area contributed by atoms with E-state index in [0.717, 1.165) is 31.9 Å². The Hall–Kier alpha value is -3.47. The minimum atomic E-state index is -0.0111. The first-order valence-electron chi connectivity index (χ1n) is 9.31. The van der Waals surface area contributed by atoms with Gasteiger partial charge in [-0.1, -0.05) is 0 Å². The van der Waals surface area contributed by atoms with E-state index in [1.807, 2.05) is 32.0 Å². The average Bonchev–Trinajstić information content (AvgIpc) is 2.73. The van der Waals surface area contributed by atoms with Crippen molar-refractivity contribution in [3.05, 3.63) is 52.7 Å². The van der Waals surface area contributed by atoms with Gasteiger partial charge in [0.2, 0.25) is 0 Å². The number of fused-ring (bicyclic) bond motifs is 1. The number of nitrogens with zero attached hydrogens (tertiary/aromatic N) is 7. The first-order chi connectivity index (χ1) is 13.6. The molecule has 1 aliphatic heterocycles. The highest BCUT2D eigenvalue weighted by molar-refractivity contribution is 5.81. The van der Waals surface area contributed by atoms with Gasteiger partial charge in [-0.3, -0.25) is 9.36 Å². The van der Waals surface area contributed by atoms with Crippen LogP contribution in [0.1, 0.15) is 25.5 Å². The molecule has 2 aromatic heterocycles. The smallest absolute Gasteiger partial charge is 0.261 e. The van der Waals surface area contributed by atoms with Crippen molar-refractivity contribution in [2.24, 2.45) is 0 Å². The Morgan fingerprint density at radius 1 is 1.11 bits per heavy atom. The Morgan fingerprint density at radius 3 is 2.57 bits per heavy atom. The summed E-state index contributed by atoms with van der Waals surface area (Å²) >= 11 is 0. The summed E-state index contributed by atoms with van der Waals surface area (Å²) in [4.78, 5) is 21.4. The highest BCUT2D eigenvalue weighted by Crippen LogP contribution is 2.23.